The van der Waals surface area contributed by atoms with E-state index in [1.54, 1.807) is 18.3 Å². The molecular weight excluding hydrogens is 315 g/mol. The van der Waals surface area contributed by atoms with Crippen molar-refractivity contribution in [2.75, 3.05) is 7.11 Å². The normalized spacial score (nSPS) is 12.2. The fraction of sp³-hybridized carbons (Fsp3) is 0.0476. The molecule has 0 fully saturated rings. The third-order valence-corrected chi connectivity index (χ3v) is 4.19. The third kappa shape index (κ3) is 2.72. The summed E-state index contributed by atoms with van der Waals surface area (Å²) >= 11 is 0. The maximum absolute atomic E-state index is 13.8. The number of rotatable bonds is 3. The molecule has 0 aromatic heterocycles. The number of methoxy groups -OCH3 is 1. The first-order valence-electron chi connectivity index (χ1n) is 7.91. The topological polar surface area (TPSA) is 34.0 Å². The minimum absolute atomic E-state index is 0.210. The van der Waals surface area contributed by atoms with Gasteiger partial charge in [-0.2, -0.15) is 5.10 Å². The average molecular weight is 330 g/mol. The van der Waals surface area contributed by atoms with Gasteiger partial charge in [0.2, 0.25) is 0 Å². The number of hydrogen-bond donors (Lipinski definition) is 0. The van der Waals surface area contributed by atoms with Gasteiger partial charge in [-0.15, -0.1) is 5.10 Å². The molecule has 0 amide bonds. The summed E-state index contributed by atoms with van der Waals surface area (Å²) in [5.41, 5.74) is 5.88. The maximum Gasteiger partial charge on any atom is 0.165 e. The smallest absolute Gasteiger partial charge is 0.165 e. The van der Waals surface area contributed by atoms with E-state index in [0.29, 0.717) is 5.56 Å². The van der Waals surface area contributed by atoms with Gasteiger partial charge in [-0.1, -0.05) is 48.5 Å². The first-order chi connectivity index (χ1) is 12.3. The molecular formula is C21H15FN2O. The Hall–Kier alpha value is -3.27. The second kappa shape index (κ2) is 6.32. The average Bonchev–Trinajstić information content (AvgIpc) is 2.96. The molecule has 0 saturated carbocycles. The van der Waals surface area contributed by atoms with Crippen LogP contribution in [0.25, 0.3) is 11.1 Å². The van der Waals surface area contributed by atoms with Crippen molar-refractivity contribution in [2.45, 2.75) is 0 Å². The van der Waals surface area contributed by atoms with Gasteiger partial charge in [-0.25, -0.2) is 4.39 Å². The second-order valence-corrected chi connectivity index (χ2v) is 5.68. The van der Waals surface area contributed by atoms with Gasteiger partial charge in [0.05, 0.1) is 13.3 Å². The van der Waals surface area contributed by atoms with Gasteiger partial charge in [0.1, 0.15) is 5.71 Å². The van der Waals surface area contributed by atoms with Crippen molar-refractivity contribution in [3.05, 3.63) is 89.2 Å². The Bertz CT molecular complexity index is 961. The molecule has 0 bridgehead atoms. The van der Waals surface area contributed by atoms with E-state index in [-0.39, 0.29) is 5.75 Å². The summed E-state index contributed by atoms with van der Waals surface area (Å²) < 4.78 is 18.7. The van der Waals surface area contributed by atoms with E-state index < -0.39 is 5.82 Å². The molecule has 0 spiro atoms. The zero-order valence-electron chi connectivity index (χ0n) is 13.6. The summed E-state index contributed by atoms with van der Waals surface area (Å²) in [6.07, 6.45) is 1.54. The van der Waals surface area contributed by atoms with Gasteiger partial charge in [0.15, 0.2) is 11.6 Å². The Morgan fingerprint density at radius 1 is 0.840 bits per heavy atom. The highest BCUT2D eigenvalue weighted by Gasteiger charge is 2.23. The lowest BCUT2D eigenvalue weighted by molar-refractivity contribution is 0.386. The van der Waals surface area contributed by atoms with Crippen molar-refractivity contribution in [3.63, 3.8) is 0 Å². The monoisotopic (exact) mass is 330 g/mol. The molecule has 25 heavy (non-hydrogen) atoms. The van der Waals surface area contributed by atoms with Crippen molar-refractivity contribution < 1.29 is 9.13 Å². The summed E-state index contributed by atoms with van der Waals surface area (Å²) in [7, 11) is 1.44. The summed E-state index contributed by atoms with van der Waals surface area (Å²) in [5.74, 6) is -0.210. The molecule has 0 N–H and O–H groups in total. The van der Waals surface area contributed by atoms with Crippen LogP contribution in [0.1, 0.15) is 16.7 Å². The molecule has 0 unspecified atom stereocenters. The zero-order chi connectivity index (χ0) is 17.2. The minimum Gasteiger partial charge on any atom is -0.494 e. The van der Waals surface area contributed by atoms with Crippen molar-refractivity contribution in [2.24, 2.45) is 10.2 Å². The molecule has 0 saturated heterocycles. The van der Waals surface area contributed by atoms with E-state index in [9.17, 15) is 4.39 Å². The Kier molecular flexibility index (Phi) is 3.86. The fourth-order valence-electron chi connectivity index (χ4n) is 3.02. The van der Waals surface area contributed by atoms with Crippen molar-refractivity contribution >= 4 is 11.9 Å². The number of ether oxygens (including phenoxy) is 1. The van der Waals surface area contributed by atoms with Crippen LogP contribution in [-0.4, -0.2) is 19.0 Å². The van der Waals surface area contributed by atoms with Crippen LogP contribution in [0.2, 0.25) is 0 Å². The number of benzene rings is 3. The fourth-order valence-corrected chi connectivity index (χ4v) is 3.02. The van der Waals surface area contributed by atoms with Crippen LogP contribution in [0.15, 0.2) is 76.9 Å². The Balaban J connectivity index is 1.71. The van der Waals surface area contributed by atoms with Gasteiger partial charge in [0.25, 0.3) is 0 Å². The van der Waals surface area contributed by atoms with Gasteiger partial charge in [-0.3, -0.25) is 0 Å². The first-order valence-corrected chi connectivity index (χ1v) is 7.91. The Morgan fingerprint density at radius 3 is 2.00 bits per heavy atom. The van der Waals surface area contributed by atoms with Gasteiger partial charge >= 0.3 is 0 Å². The SMILES string of the molecule is COc1ccc(/C=N\N=C2c3ccccc3-c3ccccc32)cc1F. The predicted molar refractivity (Wildman–Crippen MR) is 98.1 cm³/mol. The molecule has 0 atom stereocenters. The maximum atomic E-state index is 13.8. The largest absolute Gasteiger partial charge is 0.494 e. The highest BCUT2D eigenvalue weighted by atomic mass is 19.1. The van der Waals surface area contributed by atoms with E-state index >= 15 is 0 Å². The molecule has 0 heterocycles. The van der Waals surface area contributed by atoms with Crippen LogP contribution in [0.3, 0.4) is 0 Å². The molecule has 122 valence electrons. The highest BCUT2D eigenvalue weighted by Crippen LogP contribution is 2.36. The van der Waals surface area contributed by atoms with Crippen LogP contribution in [0.4, 0.5) is 4.39 Å². The van der Waals surface area contributed by atoms with Gasteiger partial charge in [0, 0.05) is 11.1 Å². The standard InChI is InChI=1S/C21H15FN2O/c1-25-20-11-10-14(12-19(20)22)13-23-24-21-17-8-4-2-6-15(17)16-7-3-5-9-18(16)21/h2-13H,1H3/b23-13-. The molecule has 3 aromatic carbocycles. The molecule has 0 aliphatic heterocycles. The van der Waals surface area contributed by atoms with Crippen LogP contribution in [0.5, 0.6) is 5.75 Å². The molecule has 1 aliphatic rings. The Morgan fingerprint density at radius 2 is 1.44 bits per heavy atom. The quantitative estimate of drug-likeness (QED) is 0.396. The number of hydrogen-bond acceptors (Lipinski definition) is 3. The molecule has 4 heteroatoms. The number of nitrogens with zero attached hydrogens (tertiary/aromatic N) is 2. The summed E-state index contributed by atoms with van der Waals surface area (Å²) in [4.78, 5) is 0. The minimum atomic E-state index is -0.421. The van der Waals surface area contributed by atoms with E-state index in [1.165, 1.54) is 13.2 Å². The van der Waals surface area contributed by atoms with Crippen molar-refractivity contribution in [3.8, 4) is 16.9 Å². The van der Waals surface area contributed by atoms with Gasteiger partial charge in [-0.05, 0) is 34.9 Å². The molecule has 3 aromatic rings. The molecule has 4 rings (SSSR count). The summed E-state index contributed by atoms with van der Waals surface area (Å²) in [6.45, 7) is 0. The highest BCUT2D eigenvalue weighted by molar-refractivity contribution is 6.24. The zero-order valence-corrected chi connectivity index (χ0v) is 13.6. The van der Waals surface area contributed by atoms with Crippen LogP contribution in [0, 0.1) is 5.82 Å². The van der Waals surface area contributed by atoms with E-state index in [1.807, 2.05) is 36.4 Å². The van der Waals surface area contributed by atoms with E-state index in [0.717, 1.165) is 28.0 Å². The molecule has 3 nitrogen and oxygen atoms in total. The van der Waals surface area contributed by atoms with Crippen molar-refractivity contribution in [1.29, 1.82) is 0 Å². The molecule has 0 radical (unpaired) electrons. The first kappa shape index (κ1) is 15.3. The van der Waals surface area contributed by atoms with E-state index in [4.69, 9.17) is 4.74 Å². The van der Waals surface area contributed by atoms with Crippen LogP contribution in [-0.2, 0) is 0 Å². The predicted octanol–water partition coefficient (Wildman–Crippen LogP) is 4.69. The van der Waals surface area contributed by atoms with Crippen LogP contribution < -0.4 is 4.74 Å². The lowest BCUT2D eigenvalue weighted by atomic mass is 10.1. The Labute approximate surface area is 145 Å². The second-order valence-electron chi connectivity index (χ2n) is 5.68. The van der Waals surface area contributed by atoms with Gasteiger partial charge < -0.3 is 4.74 Å². The number of halogens is 1. The van der Waals surface area contributed by atoms with Crippen molar-refractivity contribution in [1.82, 2.24) is 0 Å². The van der Waals surface area contributed by atoms with E-state index in [2.05, 4.69) is 22.3 Å². The summed E-state index contributed by atoms with van der Waals surface area (Å²) in [5, 5.41) is 8.58. The molecule has 1 aliphatic carbocycles. The summed E-state index contributed by atoms with van der Waals surface area (Å²) in [6, 6.07) is 20.9. The lowest BCUT2D eigenvalue weighted by Crippen LogP contribution is -1.97. The number of fused-ring (bicyclic) bond motifs is 3. The van der Waals surface area contributed by atoms with Crippen LogP contribution >= 0.6 is 0 Å². The third-order valence-electron chi connectivity index (χ3n) is 4.19. The lowest BCUT2D eigenvalue weighted by Gasteiger charge is -2.01.